The van der Waals surface area contributed by atoms with Gasteiger partial charge in [0.15, 0.2) is 0 Å². The Morgan fingerprint density at radius 2 is 1.74 bits per heavy atom. The van der Waals surface area contributed by atoms with Crippen LogP contribution in [0.4, 0.5) is 9.59 Å². The number of piperidine rings is 2. The van der Waals surface area contributed by atoms with Crippen LogP contribution in [-0.2, 0) is 20.7 Å². The van der Waals surface area contributed by atoms with E-state index in [4.69, 9.17) is 10.5 Å². The van der Waals surface area contributed by atoms with Gasteiger partial charge in [0.1, 0.15) is 17.7 Å². The molecular weight excluding hydrogens is 500 g/mol. The number of benzene rings is 1. The monoisotopic (exact) mass is 542 g/mol. The Hall–Kier alpha value is -3.34. The number of carbonyl (C=O) groups excluding carboxylic acids is 4. The standard InChI is InChI=1S/C28H42N6O5/c1-5-30-26(37)33-14-12-19(13-15-33)18-8-6-17(7-9-18)16-21(24(29)35)32-25(36)23-20-10-11-22(31-20)34(23)27(38)39-28(2,3)4/h6-9,19-23,31H,5,10-16H2,1-4H3,(H2,29,35)(H,30,37)(H,32,36)/t20-,21+,22-,23+/m1/s1. The number of nitrogens with two attached hydrogens (primary N) is 1. The van der Waals surface area contributed by atoms with Gasteiger partial charge in [0.25, 0.3) is 0 Å². The first-order valence-corrected chi connectivity index (χ1v) is 14.0. The molecule has 5 amide bonds. The van der Waals surface area contributed by atoms with E-state index in [9.17, 15) is 19.2 Å². The molecule has 2 bridgehead atoms. The van der Waals surface area contributed by atoms with Crippen molar-refractivity contribution in [2.45, 2.75) is 95.6 Å². The first kappa shape index (κ1) is 28.7. The van der Waals surface area contributed by atoms with Crippen molar-refractivity contribution in [2.75, 3.05) is 19.6 Å². The molecule has 0 aliphatic carbocycles. The van der Waals surface area contributed by atoms with E-state index < -0.39 is 35.6 Å². The minimum Gasteiger partial charge on any atom is -0.444 e. The van der Waals surface area contributed by atoms with Gasteiger partial charge in [0.05, 0.1) is 6.17 Å². The van der Waals surface area contributed by atoms with Crippen LogP contribution in [0.5, 0.6) is 0 Å². The zero-order valence-electron chi connectivity index (χ0n) is 23.4. The molecule has 3 aliphatic heterocycles. The van der Waals surface area contributed by atoms with Crippen molar-refractivity contribution in [1.29, 1.82) is 0 Å². The number of fused-ring (bicyclic) bond motifs is 2. The number of amides is 5. The highest BCUT2D eigenvalue weighted by molar-refractivity contribution is 5.92. The molecule has 3 saturated heterocycles. The van der Waals surface area contributed by atoms with Gasteiger partial charge in [-0.15, -0.1) is 0 Å². The molecule has 0 aromatic heterocycles. The number of urea groups is 1. The number of nitrogens with one attached hydrogen (secondary N) is 3. The summed E-state index contributed by atoms with van der Waals surface area (Å²) in [6.07, 6.45) is 2.71. The smallest absolute Gasteiger partial charge is 0.412 e. The maximum absolute atomic E-state index is 13.4. The first-order valence-electron chi connectivity index (χ1n) is 14.0. The normalized spacial score (nSPS) is 23.8. The van der Waals surface area contributed by atoms with Gasteiger partial charge in [0, 0.05) is 32.1 Å². The molecule has 5 N–H and O–H groups in total. The second-order valence-corrected chi connectivity index (χ2v) is 11.7. The number of ether oxygens (including phenoxy) is 1. The largest absolute Gasteiger partial charge is 0.444 e. The third-order valence-electron chi connectivity index (χ3n) is 7.71. The predicted molar refractivity (Wildman–Crippen MR) is 146 cm³/mol. The molecule has 0 radical (unpaired) electrons. The fraction of sp³-hybridized carbons (Fsp3) is 0.643. The Morgan fingerprint density at radius 3 is 2.33 bits per heavy atom. The van der Waals surface area contributed by atoms with E-state index in [1.165, 1.54) is 10.5 Å². The Balaban J connectivity index is 1.36. The summed E-state index contributed by atoms with van der Waals surface area (Å²) in [5.74, 6) is -0.689. The molecule has 1 aromatic rings. The van der Waals surface area contributed by atoms with Crippen LogP contribution in [0.2, 0.25) is 0 Å². The molecule has 1 aromatic carbocycles. The molecule has 214 valence electrons. The van der Waals surface area contributed by atoms with Gasteiger partial charge in [-0.25, -0.2) is 9.59 Å². The lowest BCUT2D eigenvalue weighted by molar-refractivity contribution is -0.131. The average Bonchev–Trinajstić information content (AvgIpc) is 3.50. The fourth-order valence-corrected chi connectivity index (χ4v) is 5.79. The number of rotatable bonds is 7. The van der Waals surface area contributed by atoms with Crippen LogP contribution in [-0.4, -0.2) is 83.3 Å². The highest BCUT2D eigenvalue weighted by atomic mass is 16.6. The number of carbonyl (C=O) groups is 4. The fourth-order valence-electron chi connectivity index (χ4n) is 5.79. The third kappa shape index (κ3) is 6.81. The van der Waals surface area contributed by atoms with E-state index in [-0.39, 0.29) is 24.7 Å². The Bertz CT molecular complexity index is 1060. The maximum Gasteiger partial charge on any atom is 0.412 e. The van der Waals surface area contributed by atoms with Crippen LogP contribution in [0.15, 0.2) is 24.3 Å². The van der Waals surface area contributed by atoms with E-state index in [0.717, 1.165) is 31.2 Å². The lowest BCUT2D eigenvalue weighted by atomic mass is 9.88. The summed E-state index contributed by atoms with van der Waals surface area (Å²) in [5, 5.41) is 8.95. The summed E-state index contributed by atoms with van der Waals surface area (Å²) in [4.78, 5) is 53.9. The summed E-state index contributed by atoms with van der Waals surface area (Å²) in [5.41, 5.74) is 7.05. The summed E-state index contributed by atoms with van der Waals surface area (Å²) in [6.45, 7) is 9.31. The van der Waals surface area contributed by atoms with Gasteiger partial charge >= 0.3 is 12.1 Å². The summed E-state index contributed by atoms with van der Waals surface area (Å²) in [6, 6.07) is 6.11. The van der Waals surface area contributed by atoms with Crippen molar-refractivity contribution >= 4 is 23.9 Å². The van der Waals surface area contributed by atoms with Crippen LogP contribution >= 0.6 is 0 Å². The van der Waals surface area contributed by atoms with Crippen molar-refractivity contribution < 1.29 is 23.9 Å². The van der Waals surface area contributed by atoms with Crippen molar-refractivity contribution in [1.82, 2.24) is 25.8 Å². The van der Waals surface area contributed by atoms with Gasteiger partial charge in [0.2, 0.25) is 11.8 Å². The van der Waals surface area contributed by atoms with Gasteiger partial charge < -0.3 is 26.0 Å². The van der Waals surface area contributed by atoms with E-state index in [0.29, 0.717) is 25.6 Å². The molecule has 0 saturated carbocycles. The molecular formula is C28H42N6O5. The second kappa shape index (κ2) is 11.8. The average molecular weight is 543 g/mol. The van der Waals surface area contributed by atoms with Gasteiger partial charge in [-0.05, 0) is 70.4 Å². The first-order chi connectivity index (χ1) is 18.5. The zero-order valence-corrected chi connectivity index (χ0v) is 23.4. The maximum atomic E-state index is 13.4. The van der Waals surface area contributed by atoms with Crippen molar-refractivity contribution in [3.8, 4) is 0 Å². The predicted octanol–water partition coefficient (Wildman–Crippen LogP) is 1.81. The van der Waals surface area contributed by atoms with Gasteiger partial charge in [-0.2, -0.15) is 0 Å². The molecule has 11 nitrogen and oxygen atoms in total. The Labute approximate surface area is 230 Å². The lowest BCUT2D eigenvalue weighted by Gasteiger charge is -2.34. The number of hydrogen-bond acceptors (Lipinski definition) is 6. The van der Waals surface area contributed by atoms with E-state index in [2.05, 4.69) is 16.0 Å². The highest BCUT2D eigenvalue weighted by Crippen LogP contribution is 2.32. The molecule has 4 atom stereocenters. The van der Waals surface area contributed by atoms with Crippen molar-refractivity contribution in [3.63, 3.8) is 0 Å². The highest BCUT2D eigenvalue weighted by Gasteiger charge is 2.52. The summed E-state index contributed by atoms with van der Waals surface area (Å²) < 4.78 is 5.55. The topological polar surface area (TPSA) is 146 Å². The summed E-state index contributed by atoms with van der Waals surface area (Å²) >= 11 is 0. The van der Waals surface area contributed by atoms with Crippen molar-refractivity contribution in [3.05, 3.63) is 35.4 Å². The molecule has 11 heteroatoms. The molecule has 3 fully saturated rings. The molecule has 39 heavy (non-hydrogen) atoms. The molecule has 0 spiro atoms. The minimum atomic E-state index is -0.914. The number of hydrogen-bond donors (Lipinski definition) is 4. The quantitative estimate of drug-likeness (QED) is 0.413. The van der Waals surface area contributed by atoms with E-state index in [1.807, 2.05) is 36.1 Å². The second-order valence-electron chi connectivity index (χ2n) is 11.7. The number of nitrogens with zero attached hydrogens (tertiary/aromatic N) is 2. The number of primary amides is 1. The van der Waals surface area contributed by atoms with Crippen LogP contribution in [0, 0.1) is 0 Å². The molecule has 3 aliphatic rings. The zero-order chi connectivity index (χ0) is 28.3. The molecule has 3 heterocycles. The van der Waals surface area contributed by atoms with Crippen LogP contribution in [0.25, 0.3) is 0 Å². The van der Waals surface area contributed by atoms with E-state index in [1.54, 1.807) is 20.8 Å². The van der Waals surface area contributed by atoms with Crippen LogP contribution in [0.1, 0.15) is 70.4 Å². The number of likely N-dealkylation sites (tertiary alicyclic amines) is 2. The van der Waals surface area contributed by atoms with Crippen molar-refractivity contribution in [2.24, 2.45) is 5.73 Å². The SMILES string of the molecule is CCNC(=O)N1CCC(c2ccc(C[C@H](NC(=O)[C@@H]3[C@H]4CC[C@H](N4)N3C(=O)OC(C)(C)C)C(N)=O)cc2)CC1. The van der Waals surface area contributed by atoms with Crippen LogP contribution < -0.4 is 21.7 Å². The Morgan fingerprint density at radius 1 is 1.08 bits per heavy atom. The lowest BCUT2D eigenvalue weighted by Crippen LogP contribution is -2.58. The molecule has 0 unspecified atom stereocenters. The third-order valence-corrected chi connectivity index (χ3v) is 7.71. The van der Waals surface area contributed by atoms with Gasteiger partial charge in [-0.3, -0.25) is 19.8 Å². The minimum absolute atomic E-state index is 0.0127. The van der Waals surface area contributed by atoms with Gasteiger partial charge in [-0.1, -0.05) is 24.3 Å². The van der Waals surface area contributed by atoms with E-state index >= 15 is 0 Å². The Kier molecular flexibility index (Phi) is 8.68. The summed E-state index contributed by atoms with van der Waals surface area (Å²) in [7, 11) is 0. The molecule has 4 rings (SSSR count). The van der Waals surface area contributed by atoms with Crippen LogP contribution in [0.3, 0.4) is 0 Å².